The molecule has 0 unspecified atom stereocenters. The molecule has 0 aliphatic carbocycles. The van der Waals surface area contributed by atoms with Gasteiger partial charge in [-0.25, -0.2) is 4.98 Å². The van der Waals surface area contributed by atoms with Gasteiger partial charge < -0.3 is 14.2 Å². The lowest BCUT2D eigenvalue weighted by atomic mass is 9.92. The topological polar surface area (TPSA) is 83.7 Å². The molecule has 2 heterocycles. The standard InChI is InChI=1S/C12H16N2O5/c1-11(2)18-7-12(8-19-11,14(15)16)9-4-5-10(17-3)13-6-9/h4-6H,7-8H2,1-3H3. The molecule has 1 aromatic rings. The minimum absolute atomic E-state index is 0.0546. The van der Waals surface area contributed by atoms with E-state index in [-0.39, 0.29) is 18.1 Å². The fraction of sp³-hybridized carbons (Fsp3) is 0.583. The summed E-state index contributed by atoms with van der Waals surface area (Å²) in [7, 11) is 1.49. The van der Waals surface area contributed by atoms with Crippen molar-refractivity contribution in [3.05, 3.63) is 34.0 Å². The summed E-state index contributed by atoms with van der Waals surface area (Å²) in [5.74, 6) is -0.403. The molecule has 0 aromatic carbocycles. The SMILES string of the molecule is COc1ccc(C2([N+](=O)[O-])COC(C)(C)OC2)cn1. The Morgan fingerprint density at radius 1 is 1.37 bits per heavy atom. The van der Waals surface area contributed by atoms with Gasteiger partial charge in [0.2, 0.25) is 5.88 Å². The Morgan fingerprint density at radius 3 is 2.42 bits per heavy atom. The van der Waals surface area contributed by atoms with Crippen LogP contribution >= 0.6 is 0 Å². The van der Waals surface area contributed by atoms with E-state index in [1.165, 1.54) is 13.3 Å². The average molecular weight is 268 g/mol. The Bertz CT molecular complexity index is 462. The van der Waals surface area contributed by atoms with Gasteiger partial charge in [-0.05, 0) is 19.9 Å². The van der Waals surface area contributed by atoms with Gasteiger partial charge in [0.25, 0.3) is 5.54 Å². The van der Waals surface area contributed by atoms with Crippen LogP contribution in [0, 0.1) is 10.1 Å². The summed E-state index contributed by atoms with van der Waals surface area (Å²) in [5.41, 5.74) is -0.983. The number of nitrogens with zero attached hydrogens (tertiary/aromatic N) is 2. The summed E-state index contributed by atoms with van der Waals surface area (Å²) >= 11 is 0. The molecule has 0 amide bonds. The van der Waals surface area contributed by atoms with Gasteiger partial charge in [0.1, 0.15) is 13.2 Å². The molecule has 0 atom stereocenters. The number of methoxy groups -OCH3 is 1. The number of pyridine rings is 1. The molecule has 1 fully saturated rings. The largest absolute Gasteiger partial charge is 0.481 e. The van der Waals surface area contributed by atoms with E-state index in [9.17, 15) is 10.1 Å². The van der Waals surface area contributed by atoms with Gasteiger partial charge >= 0.3 is 0 Å². The second kappa shape index (κ2) is 4.75. The van der Waals surface area contributed by atoms with Gasteiger partial charge in [0, 0.05) is 17.2 Å². The molecule has 1 aromatic heterocycles. The molecular formula is C12H16N2O5. The molecule has 0 spiro atoms. The Morgan fingerprint density at radius 2 is 2.00 bits per heavy atom. The summed E-state index contributed by atoms with van der Waals surface area (Å²) in [5, 5.41) is 11.4. The highest BCUT2D eigenvalue weighted by Gasteiger charge is 2.52. The Hall–Kier alpha value is -1.73. The lowest BCUT2D eigenvalue weighted by molar-refractivity contribution is -0.605. The van der Waals surface area contributed by atoms with Crippen LogP contribution in [0.5, 0.6) is 5.88 Å². The molecular weight excluding hydrogens is 252 g/mol. The number of ether oxygens (including phenoxy) is 3. The third-order valence-corrected chi connectivity index (χ3v) is 3.15. The highest BCUT2D eigenvalue weighted by atomic mass is 16.7. The van der Waals surface area contributed by atoms with E-state index < -0.39 is 11.3 Å². The van der Waals surface area contributed by atoms with E-state index >= 15 is 0 Å². The lowest BCUT2D eigenvalue weighted by Crippen LogP contribution is -2.53. The van der Waals surface area contributed by atoms with Crippen molar-refractivity contribution in [2.45, 2.75) is 25.2 Å². The van der Waals surface area contributed by atoms with Crippen molar-refractivity contribution >= 4 is 0 Å². The van der Waals surface area contributed by atoms with Gasteiger partial charge in [-0.3, -0.25) is 10.1 Å². The van der Waals surface area contributed by atoms with Crippen LogP contribution in [0.2, 0.25) is 0 Å². The normalized spacial score (nSPS) is 20.8. The fourth-order valence-electron chi connectivity index (χ4n) is 1.82. The zero-order chi connectivity index (χ0) is 14.1. The molecule has 0 radical (unpaired) electrons. The van der Waals surface area contributed by atoms with E-state index in [1.807, 2.05) is 0 Å². The van der Waals surface area contributed by atoms with E-state index in [1.54, 1.807) is 26.0 Å². The summed E-state index contributed by atoms with van der Waals surface area (Å²) in [6, 6.07) is 3.19. The number of aromatic nitrogens is 1. The van der Waals surface area contributed by atoms with Crippen LogP contribution in [-0.4, -0.2) is 36.0 Å². The maximum atomic E-state index is 11.4. The minimum Gasteiger partial charge on any atom is -0.481 e. The molecule has 0 N–H and O–H groups in total. The fourth-order valence-corrected chi connectivity index (χ4v) is 1.82. The van der Waals surface area contributed by atoms with Gasteiger partial charge in [-0.15, -0.1) is 0 Å². The maximum absolute atomic E-state index is 11.4. The Kier molecular flexibility index (Phi) is 3.42. The molecule has 1 saturated heterocycles. The van der Waals surface area contributed by atoms with Gasteiger partial charge in [0.05, 0.1) is 12.7 Å². The van der Waals surface area contributed by atoms with Gasteiger partial charge in [-0.2, -0.15) is 0 Å². The summed E-state index contributed by atoms with van der Waals surface area (Å²) < 4.78 is 15.8. The summed E-state index contributed by atoms with van der Waals surface area (Å²) in [4.78, 5) is 15.0. The van der Waals surface area contributed by atoms with Crippen molar-refractivity contribution in [1.29, 1.82) is 0 Å². The molecule has 7 heteroatoms. The van der Waals surface area contributed by atoms with Crippen molar-refractivity contribution < 1.29 is 19.1 Å². The molecule has 1 aliphatic rings. The first-order chi connectivity index (χ1) is 8.89. The predicted molar refractivity (Wildman–Crippen MR) is 65.4 cm³/mol. The predicted octanol–water partition coefficient (Wildman–Crippen LogP) is 1.35. The molecule has 0 saturated carbocycles. The zero-order valence-electron chi connectivity index (χ0n) is 11.1. The highest BCUT2D eigenvalue weighted by Crippen LogP contribution is 2.33. The molecule has 2 rings (SSSR count). The first-order valence-electron chi connectivity index (χ1n) is 5.82. The summed E-state index contributed by atoms with van der Waals surface area (Å²) in [6.07, 6.45) is 1.42. The van der Waals surface area contributed by atoms with Crippen molar-refractivity contribution in [2.24, 2.45) is 0 Å². The van der Waals surface area contributed by atoms with E-state index in [0.29, 0.717) is 11.4 Å². The van der Waals surface area contributed by atoms with E-state index in [0.717, 1.165) is 0 Å². The smallest absolute Gasteiger partial charge is 0.294 e. The Balaban J connectivity index is 2.32. The van der Waals surface area contributed by atoms with Crippen LogP contribution in [0.4, 0.5) is 0 Å². The second-order valence-corrected chi connectivity index (χ2v) is 4.86. The number of hydrogen-bond donors (Lipinski definition) is 0. The quantitative estimate of drug-likeness (QED) is 0.607. The maximum Gasteiger partial charge on any atom is 0.294 e. The van der Waals surface area contributed by atoms with Crippen LogP contribution in [-0.2, 0) is 15.0 Å². The number of nitro groups is 1. The van der Waals surface area contributed by atoms with Crippen LogP contribution in [0.25, 0.3) is 0 Å². The average Bonchev–Trinajstić information content (AvgIpc) is 2.39. The third-order valence-electron chi connectivity index (χ3n) is 3.15. The summed E-state index contributed by atoms with van der Waals surface area (Å²) in [6.45, 7) is 3.34. The first-order valence-corrected chi connectivity index (χ1v) is 5.82. The molecule has 1 aliphatic heterocycles. The van der Waals surface area contributed by atoms with Gasteiger partial charge in [0.15, 0.2) is 5.79 Å². The second-order valence-electron chi connectivity index (χ2n) is 4.86. The van der Waals surface area contributed by atoms with Crippen molar-refractivity contribution in [2.75, 3.05) is 20.3 Å². The van der Waals surface area contributed by atoms with Crippen molar-refractivity contribution in [3.8, 4) is 5.88 Å². The zero-order valence-corrected chi connectivity index (χ0v) is 11.1. The van der Waals surface area contributed by atoms with Crippen LogP contribution in [0.15, 0.2) is 18.3 Å². The molecule has 7 nitrogen and oxygen atoms in total. The Labute approximate surface area is 110 Å². The minimum atomic E-state index is -1.42. The number of hydrogen-bond acceptors (Lipinski definition) is 6. The van der Waals surface area contributed by atoms with Crippen LogP contribution < -0.4 is 4.74 Å². The van der Waals surface area contributed by atoms with Crippen molar-refractivity contribution in [1.82, 2.24) is 4.98 Å². The monoisotopic (exact) mass is 268 g/mol. The van der Waals surface area contributed by atoms with Crippen molar-refractivity contribution in [3.63, 3.8) is 0 Å². The van der Waals surface area contributed by atoms with Crippen LogP contribution in [0.3, 0.4) is 0 Å². The van der Waals surface area contributed by atoms with E-state index in [4.69, 9.17) is 14.2 Å². The van der Waals surface area contributed by atoms with Crippen LogP contribution in [0.1, 0.15) is 19.4 Å². The molecule has 0 bridgehead atoms. The number of rotatable bonds is 3. The third kappa shape index (κ3) is 2.52. The first kappa shape index (κ1) is 13.7. The lowest BCUT2D eigenvalue weighted by Gasteiger charge is -2.37. The molecule has 19 heavy (non-hydrogen) atoms. The highest BCUT2D eigenvalue weighted by molar-refractivity contribution is 5.24. The van der Waals surface area contributed by atoms with E-state index in [2.05, 4.69) is 4.98 Å². The van der Waals surface area contributed by atoms with Gasteiger partial charge in [-0.1, -0.05) is 0 Å². The molecule has 104 valence electrons.